The molecule has 2 rings (SSSR count). The first-order valence-electron chi connectivity index (χ1n) is 7.06. The van der Waals surface area contributed by atoms with Gasteiger partial charge in [-0.05, 0) is 56.5 Å². The maximum absolute atomic E-state index is 11.7. The number of hydrogen-bond donors (Lipinski definition) is 2. The van der Waals surface area contributed by atoms with Gasteiger partial charge in [-0.1, -0.05) is 0 Å². The first-order valence-corrected chi connectivity index (χ1v) is 7.06. The molecule has 0 bridgehead atoms. The van der Waals surface area contributed by atoms with Crippen molar-refractivity contribution in [2.75, 3.05) is 29.9 Å². The smallest absolute Gasteiger partial charge is 0.224 e. The van der Waals surface area contributed by atoms with E-state index in [1.165, 1.54) is 18.5 Å². The van der Waals surface area contributed by atoms with E-state index in [-0.39, 0.29) is 5.91 Å². The minimum atomic E-state index is 0.0440. The van der Waals surface area contributed by atoms with Crippen LogP contribution in [0.3, 0.4) is 0 Å². The summed E-state index contributed by atoms with van der Waals surface area (Å²) in [6, 6.07) is 6.25. The number of nitrogens with two attached hydrogens (primary N) is 1. The van der Waals surface area contributed by atoms with Crippen LogP contribution in [0.25, 0.3) is 0 Å². The molecule has 1 fully saturated rings. The Hall–Kier alpha value is -1.55. The fourth-order valence-electron chi connectivity index (χ4n) is 2.44. The molecule has 4 nitrogen and oxygen atoms in total. The largest absolute Gasteiger partial charge is 0.372 e. The Morgan fingerprint density at radius 1 is 1.37 bits per heavy atom. The highest BCUT2D eigenvalue weighted by Gasteiger charge is 2.13. The van der Waals surface area contributed by atoms with Crippen LogP contribution in [0, 0.1) is 6.92 Å². The standard InChI is InChI=1S/C15H23N3O/c1-12-11-13(18-9-2-3-10-18)6-7-14(12)17-15(19)5-4-8-16/h6-7,11H,2-5,8-10,16H2,1H3,(H,17,19). The summed E-state index contributed by atoms with van der Waals surface area (Å²) in [7, 11) is 0. The van der Waals surface area contributed by atoms with Crippen molar-refractivity contribution in [2.24, 2.45) is 5.73 Å². The molecule has 0 atom stereocenters. The Balaban J connectivity index is 2.00. The SMILES string of the molecule is Cc1cc(N2CCCC2)ccc1NC(=O)CCCN. The Bertz CT molecular complexity index is 439. The van der Waals surface area contributed by atoms with Crippen LogP contribution in [0.4, 0.5) is 11.4 Å². The second-order valence-electron chi connectivity index (χ2n) is 5.13. The summed E-state index contributed by atoms with van der Waals surface area (Å²) in [5.74, 6) is 0.0440. The molecule has 3 N–H and O–H groups in total. The van der Waals surface area contributed by atoms with E-state index in [4.69, 9.17) is 5.73 Å². The monoisotopic (exact) mass is 261 g/mol. The summed E-state index contributed by atoms with van der Waals surface area (Å²) >= 11 is 0. The molecule has 1 saturated heterocycles. The zero-order chi connectivity index (χ0) is 13.7. The number of nitrogens with zero attached hydrogens (tertiary/aromatic N) is 1. The number of aryl methyl sites for hydroxylation is 1. The van der Waals surface area contributed by atoms with Crippen LogP contribution in [0.15, 0.2) is 18.2 Å². The molecular formula is C15H23N3O. The van der Waals surface area contributed by atoms with Crippen molar-refractivity contribution >= 4 is 17.3 Å². The summed E-state index contributed by atoms with van der Waals surface area (Å²) in [5, 5.41) is 2.95. The lowest BCUT2D eigenvalue weighted by Crippen LogP contribution is -2.18. The van der Waals surface area contributed by atoms with Gasteiger partial charge in [0.1, 0.15) is 0 Å². The quantitative estimate of drug-likeness (QED) is 0.855. The minimum absolute atomic E-state index is 0.0440. The fraction of sp³-hybridized carbons (Fsp3) is 0.533. The molecule has 0 aromatic heterocycles. The number of anilines is 2. The van der Waals surface area contributed by atoms with E-state index in [9.17, 15) is 4.79 Å². The second-order valence-corrected chi connectivity index (χ2v) is 5.13. The van der Waals surface area contributed by atoms with Crippen LogP contribution in [0.5, 0.6) is 0 Å². The van der Waals surface area contributed by atoms with E-state index in [0.717, 1.165) is 30.8 Å². The van der Waals surface area contributed by atoms with E-state index < -0.39 is 0 Å². The van der Waals surface area contributed by atoms with E-state index >= 15 is 0 Å². The summed E-state index contributed by atoms with van der Waals surface area (Å²) in [4.78, 5) is 14.1. The number of carbonyl (C=O) groups is 1. The highest BCUT2D eigenvalue weighted by Crippen LogP contribution is 2.25. The zero-order valence-corrected chi connectivity index (χ0v) is 11.6. The van der Waals surface area contributed by atoms with Crippen LogP contribution >= 0.6 is 0 Å². The molecule has 19 heavy (non-hydrogen) atoms. The third-order valence-corrected chi connectivity index (χ3v) is 3.56. The van der Waals surface area contributed by atoms with Crippen LogP contribution in [-0.2, 0) is 4.79 Å². The van der Waals surface area contributed by atoms with Crippen molar-refractivity contribution in [1.82, 2.24) is 0 Å². The van der Waals surface area contributed by atoms with Gasteiger partial charge in [0.25, 0.3) is 0 Å². The first-order chi connectivity index (χ1) is 9.20. The molecule has 1 aliphatic heterocycles. The molecule has 0 unspecified atom stereocenters. The van der Waals surface area contributed by atoms with Crippen LogP contribution in [0.1, 0.15) is 31.2 Å². The molecule has 1 aromatic rings. The normalized spacial score (nSPS) is 14.7. The van der Waals surface area contributed by atoms with Crippen molar-refractivity contribution in [3.8, 4) is 0 Å². The predicted octanol–water partition coefficient (Wildman–Crippen LogP) is 2.27. The summed E-state index contributed by atoms with van der Waals surface area (Å²) in [6.45, 7) is 4.88. The lowest BCUT2D eigenvalue weighted by Gasteiger charge is -2.19. The summed E-state index contributed by atoms with van der Waals surface area (Å²) < 4.78 is 0. The lowest BCUT2D eigenvalue weighted by molar-refractivity contribution is -0.116. The van der Waals surface area contributed by atoms with E-state index in [0.29, 0.717) is 13.0 Å². The number of amides is 1. The fourth-order valence-corrected chi connectivity index (χ4v) is 2.44. The zero-order valence-electron chi connectivity index (χ0n) is 11.6. The van der Waals surface area contributed by atoms with Gasteiger partial charge in [0.05, 0.1) is 0 Å². The van der Waals surface area contributed by atoms with Gasteiger partial charge in [0.2, 0.25) is 5.91 Å². The van der Waals surface area contributed by atoms with E-state index in [1.807, 2.05) is 13.0 Å². The number of benzene rings is 1. The highest BCUT2D eigenvalue weighted by molar-refractivity contribution is 5.91. The van der Waals surface area contributed by atoms with Crippen molar-refractivity contribution in [1.29, 1.82) is 0 Å². The minimum Gasteiger partial charge on any atom is -0.372 e. The third-order valence-electron chi connectivity index (χ3n) is 3.56. The third kappa shape index (κ3) is 3.70. The van der Waals surface area contributed by atoms with Crippen molar-refractivity contribution in [2.45, 2.75) is 32.6 Å². The maximum Gasteiger partial charge on any atom is 0.224 e. The Labute approximate surface area is 115 Å². The molecule has 1 heterocycles. The average molecular weight is 261 g/mol. The molecular weight excluding hydrogens is 238 g/mol. The molecule has 104 valence electrons. The Kier molecular flexibility index (Phi) is 4.80. The van der Waals surface area contributed by atoms with Crippen molar-refractivity contribution in [3.63, 3.8) is 0 Å². The lowest BCUT2D eigenvalue weighted by atomic mass is 10.1. The molecule has 0 aliphatic carbocycles. The maximum atomic E-state index is 11.7. The Morgan fingerprint density at radius 2 is 2.11 bits per heavy atom. The van der Waals surface area contributed by atoms with Crippen LogP contribution in [0.2, 0.25) is 0 Å². The average Bonchev–Trinajstić information content (AvgIpc) is 2.92. The topological polar surface area (TPSA) is 58.4 Å². The molecule has 0 radical (unpaired) electrons. The van der Waals surface area contributed by atoms with Gasteiger partial charge in [-0.15, -0.1) is 0 Å². The first kappa shape index (κ1) is 13.9. The number of nitrogens with one attached hydrogen (secondary N) is 1. The molecule has 0 saturated carbocycles. The molecule has 1 aromatic carbocycles. The number of rotatable bonds is 5. The molecule has 1 aliphatic rings. The molecule has 0 spiro atoms. The van der Waals surface area contributed by atoms with Gasteiger partial charge in [-0.2, -0.15) is 0 Å². The van der Waals surface area contributed by atoms with Gasteiger partial charge < -0.3 is 16.0 Å². The van der Waals surface area contributed by atoms with E-state index in [2.05, 4.69) is 22.3 Å². The van der Waals surface area contributed by atoms with Gasteiger partial charge in [0, 0.05) is 30.9 Å². The van der Waals surface area contributed by atoms with Crippen LogP contribution in [-0.4, -0.2) is 25.5 Å². The predicted molar refractivity (Wildman–Crippen MR) is 79.5 cm³/mol. The highest BCUT2D eigenvalue weighted by atomic mass is 16.1. The summed E-state index contributed by atoms with van der Waals surface area (Å²) in [6.07, 6.45) is 3.77. The number of carbonyl (C=O) groups excluding carboxylic acids is 1. The van der Waals surface area contributed by atoms with Crippen LogP contribution < -0.4 is 16.0 Å². The van der Waals surface area contributed by atoms with Gasteiger partial charge in [-0.3, -0.25) is 4.79 Å². The molecule has 4 heteroatoms. The second kappa shape index (κ2) is 6.57. The van der Waals surface area contributed by atoms with Crippen molar-refractivity contribution in [3.05, 3.63) is 23.8 Å². The Morgan fingerprint density at radius 3 is 2.74 bits per heavy atom. The number of hydrogen-bond acceptors (Lipinski definition) is 3. The van der Waals surface area contributed by atoms with Gasteiger partial charge >= 0.3 is 0 Å². The van der Waals surface area contributed by atoms with Gasteiger partial charge in [0.15, 0.2) is 0 Å². The van der Waals surface area contributed by atoms with E-state index in [1.54, 1.807) is 0 Å². The molecule has 1 amide bonds. The van der Waals surface area contributed by atoms with Gasteiger partial charge in [-0.25, -0.2) is 0 Å². The van der Waals surface area contributed by atoms with Crippen molar-refractivity contribution < 1.29 is 4.79 Å². The summed E-state index contributed by atoms with van der Waals surface area (Å²) in [5.41, 5.74) is 8.69.